The van der Waals surface area contributed by atoms with Crippen LogP contribution in [0.15, 0.2) is 21.3 Å². The van der Waals surface area contributed by atoms with Gasteiger partial charge < -0.3 is 10.1 Å². The molecule has 2 aromatic rings. The first kappa shape index (κ1) is 15.9. The molecule has 0 spiro atoms. The molecule has 2 heterocycles. The molecule has 0 aliphatic rings. The SMILES string of the molecule is CCOC(=O)Cc1csc(NC(=O)CSc2nccs2)n1. The highest BCUT2D eigenvalue weighted by atomic mass is 32.2. The number of rotatable bonds is 7. The van der Waals surface area contributed by atoms with Crippen LogP contribution in [0.3, 0.4) is 0 Å². The molecule has 2 rings (SSSR count). The largest absolute Gasteiger partial charge is 0.466 e. The molecule has 0 atom stereocenters. The van der Waals surface area contributed by atoms with Crippen LogP contribution in [-0.4, -0.2) is 34.2 Å². The van der Waals surface area contributed by atoms with Gasteiger partial charge in [0.15, 0.2) is 5.13 Å². The van der Waals surface area contributed by atoms with Crippen LogP contribution in [0, 0.1) is 0 Å². The number of hydrogen-bond donors (Lipinski definition) is 1. The predicted molar refractivity (Wildman–Crippen MR) is 83.9 cm³/mol. The number of nitrogens with zero attached hydrogens (tertiary/aromatic N) is 2. The van der Waals surface area contributed by atoms with Gasteiger partial charge >= 0.3 is 5.97 Å². The van der Waals surface area contributed by atoms with Crippen molar-refractivity contribution < 1.29 is 14.3 Å². The van der Waals surface area contributed by atoms with Gasteiger partial charge in [-0.2, -0.15) is 0 Å². The molecule has 112 valence electrons. The molecule has 0 unspecified atom stereocenters. The van der Waals surface area contributed by atoms with Gasteiger partial charge in [-0.3, -0.25) is 9.59 Å². The van der Waals surface area contributed by atoms with Crippen molar-refractivity contribution in [2.75, 3.05) is 17.7 Å². The lowest BCUT2D eigenvalue weighted by Gasteiger charge is -2.00. The number of ether oxygens (including phenoxy) is 1. The second kappa shape index (κ2) is 8.11. The molecule has 0 bridgehead atoms. The van der Waals surface area contributed by atoms with Crippen LogP contribution < -0.4 is 5.32 Å². The molecule has 9 heteroatoms. The standard InChI is InChI=1S/C12H13N3O3S3/c1-2-18-10(17)5-8-6-20-11(14-8)15-9(16)7-21-12-13-3-4-19-12/h3-4,6H,2,5,7H2,1H3,(H,14,15,16). The molecule has 0 aliphatic carbocycles. The van der Waals surface area contributed by atoms with Crippen molar-refractivity contribution in [1.29, 1.82) is 0 Å². The van der Waals surface area contributed by atoms with E-state index in [-0.39, 0.29) is 24.1 Å². The number of esters is 1. The number of anilines is 1. The van der Waals surface area contributed by atoms with Crippen molar-refractivity contribution in [2.24, 2.45) is 0 Å². The summed E-state index contributed by atoms with van der Waals surface area (Å²) in [5.74, 6) is -0.187. The van der Waals surface area contributed by atoms with Crippen LogP contribution in [0.25, 0.3) is 0 Å². The zero-order valence-corrected chi connectivity index (χ0v) is 13.6. The highest BCUT2D eigenvalue weighted by Gasteiger charge is 2.11. The maximum absolute atomic E-state index is 11.8. The van der Waals surface area contributed by atoms with E-state index in [1.165, 1.54) is 34.4 Å². The Bertz CT molecular complexity index is 598. The maximum Gasteiger partial charge on any atom is 0.311 e. The lowest BCUT2D eigenvalue weighted by Crippen LogP contribution is -2.14. The summed E-state index contributed by atoms with van der Waals surface area (Å²) in [6.45, 7) is 2.10. The van der Waals surface area contributed by atoms with E-state index in [0.29, 0.717) is 17.4 Å². The van der Waals surface area contributed by atoms with Gasteiger partial charge in [0, 0.05) is 17.0 Å². The summed E-state index contributed by atoms with van der Waals surface area (Å²) < 4.78 is 5.70. The third-order valence-corrected chi connectivity index (χ3v) is 4.94. The highest BCUT2D eigenvalue weighted by molar-refractivity contribution is 8.01. The Morgan fingerprint density at radius 1 is 1.43 bits per heavy atom. The Hall–Kier alpha value is -1.45. The molecular formula is C12H13N3O3S3. The van der Waals surface area contributed by atoms with E-state index in [1.54, 1.807) is 18.5 Å². The molecule has 0 saturated heterocycles. The molecule has 0 radical (unpaired) electrons. The van der Waals surface area contributed by atoms with Gasteiger partial charge in [-0.25, -0.2) is 9.97 Å². The minimum Gasteiger partial charge on any atom is -0.466 e. The average Bonchev–Trinajstić information content (AvgIpc) is 3.08. The Kier molecular flexibility index (Phi) is 6.15. The lowest BCUT2D eigenvalue weighted by atomic mass is 10.3. The third-order valence-electron chi connectivity index (χ3n) is 2.17. The topological polar surface area (TPSA) is 81.2 Å². The second-order valence-corrected chi connectivity index (χ2v) is 6.74. The van der Waals surface area contributed by atoms with Gasteiger partial charge in [-0.15, -0.1) is 22.7 Å². The number of carbonyl (C=O) groups excluding carboxylic acids is 2. The van der Waals surface area contributed by atoms with Crippen LogP contribution in [0.4, 0.5) is 5.13 Å². The molecule has 0 aromatic carbocycles. The molecule has 21 heavy (non-hydrogen) atoms. The number of carbonyl (C=O) groups is 2. The van der Waals surface area contributed by atoms with Crippen molar-refractivity contribution in [1.82, 2.24) is 9.97 Å². The third kappa shape index (κ3) is 5.44. The number of amides is 1. The first-order valence-corrected chi connectivity index (χ1v) is 8.84. The molecule has 1 N–H and O–H groups in total. The second-order valence-electron chi connectivity index (χ2n) is 3.76. The van der Waals surface area contributed by atoms with Gasteiger partial charge in [0.25, 0.3) is 0 Å². The molecular weight excluding hydrogens is 330 g/mol. The predicted octanol–water partition coefficient (Wildman–Crippen LogP) is 2.44. The fourth-order valence-corrected chi connectivity index (χ4v) is 3.53. The maximum atomic E-state index is 11.8. The zero-order chi connectivity index (χ0) is 15.1. The number of thiazole rings is 2. The quantitative estimate of drug-likeness (QED) is 0.614. The van der Waals surface area contributed by atoms with Gasteiger partial charge in [0.1, 0.15) is 4.34 Å². The lowest BCUT2D eigenvalue weighted by molar-refractivity contribution is -0.142. The molecule has 0 fully saturated rings. The number of aromatic nitrogens is 2. The van der Waals surface area contributed by atoms with Crippen LogP contribution in [0.2, 0.25) is 0 Å². The number of thioether (sulfide) groups is 1. The van der Waals surface area contributed by atoms with E-state index < -0.39 is 0 Å². The number of nitrogens with one attached hydrogen (secondary N) is 1. The van der Waals surface area contributed by atoms with Gasteiger partial charge in [-0.05, 0) is 6.92 Å². The van der Waals surface area contributed by atoms with E-state index >= 15 is 0 Å². The highest BCUT2D eigenvalue weighted by Crippen LogP contribution is 2.21. The molecule has 0 aliphatic heterocycles. The molecule has 2 aromatic heterocycles. The smallest absolute Gasteiger partial charge is 0.311 e. The van der Waals surface area contributed by atoms with Crippen molar-refractivity contribution in [3.63, 3.8) is 0 Å². The van der Waals surface area contributed by atoms with Gasteiger partial charge in [-0.1, -0.05) is 11.8 Å². The average molecular weight is 343 g/mol. The normalized spacial score (nSPS) is 10.3. The van der Waals surface area contributed by atoms with Gasteiger partial charge in [0.2, 0.25) is 5.91 Å². The Labute approximate surface area is 134 Å². The molecule has 1 amide bonds. The number of hydrogen-bond acceptors (Lipinski definition) is 8. The summed E-state index contributed by atoms with van der Waals surface area (Å²) >= 11 is 4.16. The van der Waals surface area contributed by atoms with Crippen molar-refractivity contribution in [2.45, 2.75) is 17.7 Å². The van der Waals surface area contributed by atoms with Gasteiger partial charge in [0.05, 0.1) is 24.5 Å². The van der Waals surface area contributed by atoms with Crippen LogP contribution in [0.1, 0.15) is 12.6 Å². The summed E-state index contributed by atoms with van der Waals surface area (Å²) in [6, 6.07) is 0. The monoisotopic (exact) mass is 343 g/mol. The Morgan fingerprint density at radius 2 is 2.29 bits per heavy atom. The first-order chi connectivity index (χ1) is 10.2. The van der Waals surface area contributed by atoms with Crippen molar-refractivity contribution in [3.8, 4) is 0 Å². The minimum absolute atomic E-state index is 0.119. The van der Waals surface area contributed by atoms with Crippen molar-refractivity contribution >= 4 is 51.4 Å². The summed E-state index contributed by atoms with van der Waals surface area (Å²) in [5, 5.41) is 6.79. The summed E-state index contributed by atoms with van der Waals surface area (Å²) in [5.41, 5.74) is 0.598. The van der Waals surface area contributed by atoms with Crippen molar-refractivity contribution in [3.05, 3.63) is 22.7 Å². The zero-order valence-electron chi connectivity index (χ0n) is 11.2. The summed E-state index contributed by atoms with van der Waals surface area (Å²) in [6.07, 6.45) is 1.82. The Morgan fingerprint density at radius 3 is 3.00 bits per heavy atom. The van der Waals surface area contributed by atoms with Crippen LogP contribution >= 0.6 is 34.4 Å². The Balaban J connectivity index is 1.78. The molecule has 6 nitrogen and oxygen atoms in total. The van der Waals surface area contributed by atoms with E-state index in [2.05, 4.69) is 15.3 Å². The van der Waals surface area contributed by atoms with E-state index in [0.717, 1.165) is 4.34 Å². The van der Waals surface area contributed by atoms with Crippen LogP contribution in [-0.2, 0) is 20.7 Å². The fourth-order valence-electron chi connectivity index (χ4n) is 1.37. The summed E-state index contributed by atoms with van der Waals surface area (Å²) in [7, 11) is 0. The van der Waals surface area contributed by atoms with Crippen LogP contribution in [0.5, 0.6) is 0 Å². The van der Waals surface area contributed by atoms with E-state index in [1.807, 2.05) is 5.38 Å². The van der Waals surface area contributed by atoms with E-state index in [9.17, 15) is 9.59 Å². The fraction of sp³-hybridized carbons (Fsp3) is 0.333. The molecule has 0 saturated carbocycles. The minimum atomic E-state index is -0.319. The van der Waals surface area contributed by atoms with E-state index in [4.69, 9.17) is 4.74 Å². The summed E-state index contributed by atoms with van der Waals surface area (Å²) in [4.78, 5) is 31.4. The first-order valence-electron chi connectivity index (χ1n) is 6.09.